The molecule has 67 heavy (non-hydrogen) atoms. The minimum absolute atomic E-state index is 0. The number of carbonyl (C=O) groups is 3. The molecule has 376 valence electrons. The number of aryl methyl sites for hydroxylation is 1. The summed E-state index contributed by atoms with van der Waals surface area (Å²) in [6.45, 7) is 17.2. The zero-order chi connectivity index (χ0) is 43.0. The van der Waals surface area contributed by atoms with Crippen molar-refractivity contribution in [1.29, 1.82) is 0 Å². The average molecular weight is 1060 g/mol. The molecule has 3 fully saturated rings. The number of thiazole rings is 1. The van der Waals surface area contributed by atoms with Gasteiger partial charge in [0.1, 0.15) is 12.1 Å². The monoisotopic (exact) mass is 1060 g/mol. The first-order valence-corrected chi connectivity index (χ1v) is 22.9. The van der Waals surface area contributed by atoms with Crippen molar-refractivity contribution in [3.05, 3.63) is 52.1 Å². The van der Waals surface area contributed by atoms with Crippen LogP contribution in [0.15, 0.2) is 35.8 Å². The van der Waals surface area contributed by atoms with Gasteiger partial charge in [-0.2, -0.15) is 81.0 Å². The quantitative estimate of drug-likeness (QED) is 0.173. The molecule has 8 rings (SSSR count). The summed E-state index contributed by atoms with van der Waals surface area (Å²) in [5.74, 6) is -0.579. The Morgan fingerprint density at radius 1 is 1.04 bits per heavy atom. The zero-order valence-electron chi connectivity index (χ0n) is 39.8. The van der Waals surface area contributed by atoms with Crippen molar-refractivity contribution in [2.24, 2.45) is 17.3 Å². The van der Waals surface area contributed by atoms with E-state index in [-0.39, 0.29) is 118 Å². The van der Waals surface area contributed by atoms with E-state index in [0.717, 1.165) is 108 Å². The molecule has 6 bridgehead atoms. The van der Waals surface area contributed by atoms with Gasteiger partial charge < -0.3 is 29.0 Å². The third-order valence-corrected chi connectivity index (χ3v) is 13.9. The minimum atomic E-state index is -0.831. The van der Waals surface area contributed by atoms with E-state index >= 15 is 0 Å². The van der Waals surface area contributed by atoms with Gasteiger partial charge in [-0.3, -0.25) is 29.3 Å². The smallest absolute Gasteiger partial charge is 0.324 e. The third kappa shape index (κ3) is 13.6. The molecule has 2 amide bonds. The number of nitrogens with zero attached hydrogens (tertiary/aromatic N) is 6. The second kappa shape index (κ2) is 26.2. The first-order valence-electron chi connectivity index (χ1n) is 22.0. The highest BCUT2D eigenvalue weighted by Gasteiger charge is 2.42. The summed E-state index contributed by atoms with van der Waals surface area (Å²) in [5, 5.41) is 8.45. The number of hydrogen-bond acceptors (Lipinski definition) is 12. The van der Waals surface area contributed by atoms with E-state index in [1.54, 1.807) is 14.2 Å². The van der Waals surface area contributed by atoms with Crippen LogP contribution in [0.1, 0.15) is 76.3 Å². The number of hydrazine groups is 1. The van der Waals surface area contributed by atoms with Crippen molar-refractivity contribution in [2.45, 2.75) is 91.5 Å². The number of piperazine rings is 1. The largest absolute Gasteiger partial charge is 0.464 e. The van der Waals surface area contributed by atoms with Gasteiger partial charge in [0.05, 0.1) is 53.3 Å². The summed E-state index contributed by atoms with van der Waals surface area (Å²) < 4.78 is 19.9. The molecule has 4 aliphatic rings. The van der Waals surface area contributed by atoms with Crippen LogP contribution in [-0.2, 0) is 48.0 Å². The maximum Gasteiger partial charge on any atom is 0.324 e. The Hall–Kier alpha value is -2.31. The van der Waals surface area contributed by atoms with Crippen LogP contribution in [-0.4, -0.2) is 121 Å². The number of pyridine rings is 1. The molecule has 3 aliphatic heterocycles. The Morgan fingerprint density at radius 3 is 2.42 bits per heavy atom. The topological polar surface area (TPSA) is 143 Å². The van der Waals surface area contributed by atoms with Crippen LogP contribution in [0.3, 0.4) is 0 Å². The lowest BCUT2D eigenvalue weighted by atomic mass is 9.84. The number of methoxy groups -OCH3 is 2. The molecule has 4 aromatic rings. The van der Waals surface area contributed by atoms with Crippen LogP contribution in [0, 0.1) is 17.3 Å². The number of fused-ring (bicyclic) bond motifs is 6. The van der Waals surface area contributed by atoms with E-state index in [1.165, 1.54) is 16.3 Å². The van der Waals surface area contributed by atoms with Crippen molar-refractivity contribution in [3.8, 4) is 22.5 Å². The van der Waals surface area contributed by atoms with Crippen LogP contribution in [0.25, 0.3) is 33.4 Å². The van der Waals surface area contributed by atoms with Crippen molar-refractivity contribution in [1.82, 2.24) is 35.2 Å². The summed E-state index contributed by atoms with van der Waals surface area (Å²) in [5.41, 5.74) is 10.8. The lowest BCUT2D eigenvalue weighted by molar-refractivity contribution is -0.155. The Morgan fingerprint density at radius 2 is 1.76 bits per heavy atom. The second-order valence-electron chi connectivity index (χ2n) is 18.1. The molecule has 1 saturated carbocycles. The molecule has 2 N–H and O–H groups in total. The molecule has 0 radical (unpaired) electrons. The molecule has 21 heteroatoms. The van der Waals surface area contributed by atoms with Crippen molar-refractivity contribution in [3.63, 3.8) is 0 Å². The van der Waals surface area contributed by atoms with Gasteiger partial charge in [0, 0.05) is 105 Å². The molecule has 2 saturated heterocycles. The van der Waals surface area contributed by atoms with Crippen molar-refractivity contribution in [2.75, 3.05) is 71.6 Å². The Kier molecular flexibility index (Phi) is 23.8. The second-order valence-corrected chi connectivity index (χ2v) is 19.0. The molecule has 1 aromatic carbocycles. The van der Waals surface area contributed by atoms with Gasteiger partial charge >= 0.3 is 5.97 Å². The molecule has 0 unspecified atom stereocenters. The molecular formula is C46H74N8O6S7. The molecular weight excluding hydrogens is 985 g/mol. The van der Waals surface area contributed by atoms with Crippen LogP contribution < -0.4 is 15.6 Å². The number of nitrogens with one attached hydrogen (secondary N) is 2. The lowest BCUT2D eigenvalue weighted by Crippen LogP contribution is -2.60. The predicted octanol–water partition coefficient (Wildman–Crippen LogP) is 6.30. The average Bonchev–Trinajstić information content (AvgIpc) is 3.69. The number of ether oxygens (including phenoxy) is 3. The highest BCUT2D eigenvalue weighted by atomic mass is 32.1. The Labute approximate surface area is 442 Å². The fraction of sp³-hybridized carbons (Fsp3) is 0.587. The number of anilines is 1. The third-order valence-electron chi connectivity index (χ3n) is 13.0. The van der Waals surface area contributed by atoms with E-state index in [0.29, 0.717) is 31.7 Å². The van der Waals surface area contributed by atoms with Crippen LogP contribution >= 0.6 is 92.3 Å². The van der Waals surface area contributed by atoms with Crippen molar-refractivity contribution >= 4 is 127 Å². The van der Waals surface area contributed by atoms with Gasteiger partial charge in [0.25, 0.3) is 5.91 Å². The number of esters is 1. The lowest BCUT2D eigenvalue weighted by Gasteiger charge is -2.36. The van der Waals surface area contributed by atoms with Crippen LogP contribution in [0.5, 0.6) is 0 Å². The number of amides is 2. The summed E-state index contributed by atoms with van der Waals surface area (Å²) in [6.07, 6.45) is 4.56. The highest BCUT2D eigenvalue weighted by Crippen LogP contribution is 2.43. The molecule has 14 nitrogen and oxygen atoms in total. The summed E-state index contributed by atoms with van der Waals surface area (Å²) in [7, 11) is 3.48. The standard InChI is InChI=1S/C46H62N8O6S.6H2S/c1-8-53-39-12-11-30-21-33(39)35(42(53)34-22-31(25-47-41(34)29(3)59-7)52-16-14-51(15-17-52)18-19-58-6)24-46(4,5)27-60-45(57)36-10-9-13-54(50-36)44(56)37(23-40-48-38(30)26-61-40)49-43(55)32-20-28(32)2;;;;;;/h11-12,21-22,25-26,28-29,32,36-37,50H,8-10,13-20,23-24,27H2,1-7H3,(H,49,55);6*1H2/t28-,29-,32-,36-,37-;;;;;;/m0....../s1. The van der Waals surface area contributed by atoms with E-state index in [2.05, 4.69) is 70.1 Å². The minimum Gasteiger partial charge on any atom is -0.464 e. The van der Waals surface area contributed by atoms with Gasteiger partial charge in [-0.15, -0.1) is 11.3 Å². The predicted molar refractivity (Wildman–Crippen MR) is 299 cm³/mol. The number of benzene rings is 1. The normalized spacial score (nSPS) is 21.9. The van der Waals surface area contributed by atoms with E-state index in [9.17, 15) is 14.4 Å². The first kappa shape index (κ1) is 60.8. The van der Waals surface area contributed by atoms with E-state index in [4.69, 9.17) is 24.2 Å². The van der Waals surface area contributed by atoms with Crippen LogP contribution in [0.2, 0.25) is 0 Å². The van der Waals surface area contributed by atoms with Gasteiger partial charge in [0.15, 0.2) is 0 Å². The van der Waals surface area contributed by atoms with Gasteiger partial charge in [0.2, 0.25) is 5.91 Å². The van der Waals surface area contributed by atoms with Crippen molar-refractivity contribution < 1.29 is 28.6 Å². The molecule has 0 spiro atoms. The fourth-order valence-corrected chi connectivity index (χ4v) is 10.0. The Balaban J connectivity index is 0.00000257. The maximum absolute atomic E-state index is 14.2. The van der Waals surface area contributed by atoms with Gasteiger partial charge in [-0.05, 0) is 69.2 Å². The SMILES string of the molecule is CCn1c(-c2cc(N3CCN(CCOC)CC3)cnc2[C@H](C)OC)c2c3cc(ccc31)-c1csc(n1)C[C@H](NC(=O)[C@H]1C[C@@H]1C)C(=O)N1CCC[C@H](N1)C(=O)OCC(C)(C)C2.S.S.S.S.S.S. The number of cyclic esters (lactones) is 1. The van der Waals surface area contributed by atoms with Crippen LogP contribution in [0.4, 0.5) is 5.69 Å². The molecule has 5 atom stereocenters. The summed E-state index contributed by atoms with van der Waals surface area (Å²) >= 11 is 1.49. The fourth-order valence-electron chi connectivity index (χ4n) is 9.19. The zero-order valence-corrected chi connectivity index (χ0v) is 46.6. The number of hydrogen-bond donors (Lipinski definition) is 2. The van der Waals surface area contributed by atoms with Gasteiger partial charge in [-0.25, -0.2) is 10.4 Å². The number of carbonyl (C=O) groups excluding carboxylic acids is 3. The first-order chi connectivity index (χ1) is 29.4. The molecule has 3 aromatic heterocycles. The van der Waals surface area contributed by atoms with E-state index in [1.807, 2.05) is 25.4 Å². The summed E-state index contributed by atoms with van der Waals surface area (Å²) in [6, 6.07) is 7.32. The summed E-state index contributed by atoms with van der Waals surface area (Å²) in [4.78, 5) is 56.4. The number of aromatic nitrogens is 3. The number of rotatable bonds is 10. The van der Waals surface area contributed by atoms with E-state index < -0.39 is 23.5 Å². The highest BCUT2D eigenvalue weighted by molar-refractivity contribution is 7.60. The molecule has 1 aliphatic carbocycles. The maximum atomic E-state index is 14.2. The molecule has 6 heterocycles. The Bertz CT molecular complexity index is 2270. The van der Waals surface area contributed by atoms with Gasteiger partial charge in [-0.1, -0.05) is 26.8 Å².